The third-order valence-electron chi connectivity index (χ3n) is 6.27. The molecule has 1 aliphatic heterocycles. The molecule has 0 amide bonds. The van der Waals surface area contributed by atoms with Crippen LogP contribution in [0.5, 0.6) is 0 Å². The molecule has 35 heavy (non-hydrogen) atoms. The zero-order valence-corrected chi connectivity index (χ0v) is 19.9. The number of pyridine rings is 2. The van der Waals surface area contributed by atoms with E-state index in [1.165, 1.54) is 38.8 Å². The summed E-state index contributed by atoms with van der Waals surface area (Å²) in [5, 5.41) is 8.06. The zero-order valence-electron chi connectivity index (χ0n) is 19.9. The molecule has 4 aromatic heterocycles. The number of fused-ring (bicyclic) bond motifs is 1. The van der Waals surface area contributed by atoms with E-state index in [0.717, 1.165) is 36.3 Å². The molecule has 0 aromatic carbocycles. The fraction of sp³-hybridized carbons (Fsp3) is 0.385. The zero-order chi connectivity index (χ0) is 23.9. The molecule has 1 aliphatic rings. The average Bonchev–Trinajstić information content (AvgIpc) is 3.20. The van der Waals surface area contributed by atoms with Crippen LogP contribution in [-0.4, -0.2) is 63.6 Å². The monoisotopic (exact) mass is 467 g/mol. The Morgan fingerprint density at radius 2 is 1.89 bits per heavy atom. The molecule has 178 valence electrons. The summed E-state index contributed by atoms with van der Waals surface area (Å²) in [6.45, 7) is 4.76. The third kappa shape index (κ3) is 6.04. The van der Waals surface area contributed by atoms with Gasteiger partial charge in [0.25, 0.3) is 0 Å². The van der Waals surface area contributed by atoms with Gasteiger partial charge in [0.15, 0.2) is 5.82 Å². The predicted molar refractivity (Wildman–Crippen MR) is 138 cm³/mol. The highest BCUT2D eigenvalue weighted by atomic mass is 16.5. The molecule has 0 spiro atoms. The molecule has 1 fully saturated rings. The van der Waals surface area contributed by atoms with E-state index in [4.69, 9.17) is 17.6 Å². The highest BCUT2D eigenvalue weighted by Crippen LogP contribution is 2.25. The largest absolute Gasteiger partial charge is 0.377 e. The van der Waals surface area contributed by atoms with Gasteiger partial charge in [-0.1, -0.05) is 25.0 Å². The summed E-state index contributed by atoms with van der Waals surface area (Å²) in [7, 11) is 5.87. The van der Waals surface area contributed by atoms with Gasteiger partial charge in [0.05, 0.1) is 6.61 Å². The maximum absolute atomic E-state index is 6.03. The van der Waals surface area contributed by atoms with E-state index in [1.54, 1.807) is 16.8 Å². The van der Waals surface area contributed by atoms with Crippen LogP contribution in [-0.2, 0) is 11.3 Å². The highest BCUT2D eigenvalue weighted by Gasteiger charge is 2.13. The van der Waals surface area contributed by atoms with Crippen molar-refractivity contribution in [3.8, 4) is 11.5 Å². The minimum absolute atomic E-state index is 0.428. The van der Waals surface area contributed by atoms with E-state index in [2.05, 4.69) is 25.3 Å². The second kappa shape index (κ2) is 11.4. The number of rotatable bonds is 9. The van der Waals surface area contributed by atoms with Crippen LogP contribution in [0.3, 0.4) is 0 Å². The molecule has 0 bridgehead atoms. The summed E-state index contributed by atoms with van der Waals surface area (Å²) in [5.41, 5.74) is 3.79. The summed E-state index contributed by atoms with van der Waals surface area (Å²) in [5.74, 6) is 1.17. The fourth-order valence-corrected chi connectivity index (χ4v) is 4.43. The van der Waals surface area contributed by atoms with Crippen LogP contribution in [0.1, 0.15) is 37.7 Å². The third-order valence-corrected chi connectivity index (χ3v) is 6.27. The lowest BCUT2D eigenvalue weighted by atomic mass is 10.0. The number of nitrogens with one attached hydrogen (secondary N) is 1. The minimum atomic E-state index is 0.428. The number of hydrogen-bond donors (Lipinski definition) is 1. The number of aromatic nitrogens is 5. The second-order valence-electron chi connectivity index (χ2n) is 8.89. The van der Waals surface area contributed by atoms with Crippen LogP contribution in [0.25, 0.3) is 17.0 Å². The molecule has 5 rings (SSSR count). The van der Waals surface area contributed by atoms with Gasteiger partial charge in [-0.3, -0.25) is 9.97 Å². The summed E-state index contributed by atoms with van der Waals surface area (Å²) in [4.78, 5) is 16.0. The minimum Gasteiger partial charge on any atom is -0.377 e. The van der Waals surface area contributed by atoms with Crippen LogP contribution in [0, 0.1) is 0 Å². The van der Waals surface area contributed by atoms with Gasteiger partial charge in [-0.2, -0.15) is 0 Å². The molecule has 4 aromatic rings. The Balaban J connectivity index is 1.27. The van der Waals surface area contributed by atoms with E-state index in [1.807, 2.05) is 42.7 Å². The van der Waals surface area contributed by atoms with Crippen LogP contribution < -0.4 is 10.9 Å². The molecular weight excluding hydrogens is 437 g/mol. The number of nitrogens with zero attached hydrogens (tertiary/aromatic N) is 6. The molecule has 0 saturated carbocycles. The molecule has 0 unspecified atom stereocenters. The fourth-order valence-electron chi connectivity index (χ4n) is 4.43. The Labute approximate surface area is 207 Å². The maximum atomic E-state index is 6.03. The molecule has 0 atom stereocenters. The normalized spacial score (nSPS) is 14.7. The average molecular weight is 467 g/mol. The molecule has 5 heterocycles. The summed E-state index contributed by atoms with van der Waals surface area (Å²) >= 11 is 0. The molecule has 1 saturated heterocycles. The lowest BCUT2D eigenvalue weighted by Gasteiger charge is -2.19. The lowest BCUT2D eigenvalue weighted by molar-refractivity contribution is 0.109. The maximum Gasteiger partial charge on any atom is 0.200 e. The van der Waals surface area contributed by atoms with E-state index < -0.39 is 0 Å². The van der Waals surface area contributed by atoms with E-state index in [-0.39, 0.29) is 0 Å². The first-order valence-electron chi connectivity index (χ1n) is 12.3. The van der Waals surface area contributed by atoms with Gasteiger partial charge < -0.3 is 15.0 Å². The lowest BCUT2D eigenvalue weighted by Crippen LogP contribution is -2.26. The van der Waals surface area contributed by atoms with Crippen molar-refractivity contribution in [2.45, 2.75) is 38.7 Å². The van der Waals surface area contributed by atoms with Crippen molar-refractivity contribution < 1.29 is 4.74 Å². The Kier molecular flexibility index (Phi) is 7.65. The van der Waals surface area contributed by atoms with Gasteiger partial charge in [0, 0.05) is 43.0 Å². The van der Waals surface area contributed by atoms with Crippen molar-refractivity contribution in [1.82, 2.24) is 29.5 Å². The Hall–Kier alpha value is -3.30. The van der Waals surface area contributed by atoms with Gasteiger partial charge in [0.1, 0.15) is 19.1 Å². The molecule has 1 N–H and O–H groups in total. The molecular formula is C26H30BN7O. The van der Waals surface area contributed by atoms with Crippen molar-refractivity contribution >= 4 is 30.5 Å². The van der Waals surface area contributed by atoms with Gasteiger partial charge in [0.2, 0.25) is 5.82 Å². The van der Waals surface area contributed by atoms with Crippen molar-refractivity contribution in [3.05, 3.63) is 60.6 Å². The second-order valence-corrected chi connectivity index (χ2v) is 8.89. The smallest absolute Gasteiger partial charge is 0.200 e. The van der Waals surface area contributed by atoms with E-state index >= 15 is 0 Å². The van der Waals surface area contributed by atoms with Crippen molar-refractivity contribution in [1.29, 1.82) is 0 Å². The summed E-state index contributed by atoms with van der Waals surface area (Å²) in [6, 6.07) is 11.3. The number of anilines is 2. The van der Waals surface area contributed by atoms with Crippen molar-refractivity contribution in [2.75, 3.05) is 31.6 Å². The standard InChI is InChI=1S/C26H30BN7O/c27-24-10-5-8-22(29-24)25-31-26(23-9-6-16-34(23)32-25)30-21-11-12-28-18-20(21)19-35-17-7-15-33-13-3-1-2-4-14-33/h5-6,8-12,16,18H,1-4,7,13-15,17,19H2,(H,28,30,31,32). The molecule has 8 nitrogen and oxygen atoms in total. The molecule has 9 heteroatoms. The van der Waals surface area contributed by atoms with Gasteiger partial charge >= 0.3 is 0 Å². The number of likely N-dealkylation sites (tertiary alicyclic amines) is 1. The first-order valence-corrected chi connectivity index (χ1v) is 12.3. The van der Waals surface area contributed by atoms with Crippen molar-refractivity contribution in [3.63, 3.8) is 0 Å². The van der Waals surface area contributed by atoms with Crippen LogP contribution in [0.15, 0.2) is 55.0 Å². The first kappa shape index (κ1) is 23.4. The van der Waals surface area contributed by atoms with Gasteiger partial charge in [-0.25, -0.2) is 9.50 Å². The van der Waals surface area contributed by atoms with Gasteiger partial charge in [-0.05, 0) is 62.2 Å². The Bertz CT molecular complexity index is 1250. The van der Waals surface area contributed by atoms with Crippen LogP contribution in [0.4, 0.5) is 11.5 Å². The quantitative estimate of drug-likeness (QED) is 0.298. The highest BCUT2D eigenvalue weighted by molar-refractivity contribution is 6.30. The Morgan fingerprint density at radius 1 is 1.00 bits per heavy atom. The Morgan fingerprint density at radius 3 is 2.74 bits per heavy atom. The predicted octanol–water partition coefficient (Wildman–Crippen LogP) is 3.51. The number of hydrogen-bond acceptors (Lipinski definition) is 7. The summed E-state index contributed by atoms with van der Waals surface area (Å²) in [6.07, 6.45) is 11.9. The number of ether oxygens (including phenoxy) is 1. The van der Waals surface area contributed by atoms with Gasteiger partial charge in [-0.15, -0.1) is 5.10 Å². The van der Waals surface area contributed by atoms with Crippen molar-refractivity contribution in [2.24, 2.45) is 0 Å². The van der Waals surface area contributed by atoms with Crippen LogP contribution in [0.2, 0.25) is 0 Å². The molecule has 2 radical (unpaired) electrons. The SMILES string of the molecule is [B]c1cccc(-c2nc(Nc3ccncc3COCCCN3CCCCCC3)c3cccn3n2)n1. The topological polar surface area (TPSA) is 80.5 Å². The van der Waals surface area contributed by atoms with E-state index in [0.29, 0.717) is 29.5 Å². The molecule has 0 aliphatic carbocycles. The first-order chi connectivity index (χ1) is 17.3. The van der Waals surface area contributed by atoms with Crippen LogP contribution >= 0.6 is 0 Å². The summed E-state index contributed by atoms with van der Waals surface area (Å²) < 4.78 is 7.82. The van der Waals surface area contributed by atoms with E-state index in [9.17, 15) is 0 Å².